The number of rotatable bonds is 3. The Hall–Kier alpha value is 0.220. The lowest BCUT2D eigenvalue weighted by atomic mass is 10.7. The topological polar surface area (TPSA) is 161 Å². The molecule has 0 aromatic carbocycles. The summed E-state index contributed by atoms with van der Waals surface area (Å²) in [5.74, 6) is 0. The fraction of sp³-hybridized carbons (Fsp3) is 1.00. The number of hydrogen-bond donors (Lipinski definition) is 6. The summed E-state index contributed by atoms with van der Waals surface area (Å²) in [6.07, 6.45) is 0. The molecule has 0 atom stereocenters. The molecular weight excluding hydrogens is 212 g/mol. The van der Waals surface area contributed by atoms with Gasteiger partial charge in [-0.2, -0.15) is 0 Å². The molecule has 0 spiro atoms. The molecule has 7 N–H and O–H groups in total. The van der Waals surface area contributed by atoms with Crippen LogP contribution in [0.15, 0.2) is 0 Å². The zero-order valence-corrected chi connectivity index (χ0v) is 7.52. The van der Waals surface area contributed by atoms with Crippen LogP contribution < -0.4 is 5.73 Å². The number of aliphatic hydroxyl groups is 1. The zero-order valence-electron chi connectivity index (χ0n) is 5.73. The number of nitrogens with two attached hydrogens (primary N) is 1. The first-order valence-corrected chi connectivity index (χ1v) is 5.82. The maximum atomic E-state index is 10.4. The summed E-state index contributed by atoms with van der Waals surface area (Å²) in [5.41, 5.74) is 4.64. The fourth-order valence-electron chi connectivity index (χ4n) is 0.408. The molecule has 10 heteroatoms. The molecule has 0 aliphatic heterocycles. The second kappa shape index (κ2) is 3.17. The zero-order chi connectivity index (χ0) is 10.2. The van der Waals surface area contributed by atoms with E-state index in [1.54, 1.807) is 0 Å². The van der Waals surface area contributed by atoms with Crippen molar-refractivity contribution < 1.29 is 33.8 Å². The summed E-state index contributed by atoms with van der Waals surface area (Å²) in [6.45, 7) is -1.22. The van der Waals surface area contributed by atoms with Gasteiger partial charge in [0.2, 0.25) is 0 Å². The lowest BCUT2D eigenvalue weighted by molar-refractivity contribution is 0.137. The molecule has 0 saturated carbocycles. The largest absolute Gasteiger partial charge is 0.370 e. The molecule has 0 aromatic rings. The van der Waals surface area contributed by atoms with Gasteiger partial charge in [-0.3, -0.25) is 9.13 Å². The Labute approximate surface area is 67.3 Å². The average Bonchev–Trinajstić information content (AvgIpc) is 1.81. The van der Waals surface area contributed by atoms with Gasteiger partial charge in [0.25, 0.3) is 5.08 Å². The molecule has 0 rings (SSSR count). The van der Waals surface area contributed by atoms with Crippen LogP contribution in [0.2, 0.25) is 0 Å². The van der Waals surface area contributed by atoms with Crippen molar-refractivity contribution in [3.05, 3.63) is 0 Å². The molecule has 74 valence electrons. The molecule has 0 heterocycles. The van der Waals surface area contributed by atoms with E-state index < -0.39 is 26.8 Å². The predicted molar refractivity (Wildman–Crippen MR) is 38.1 cm³/mol. The smallest absolute Gasteiger partial charge is 0.367 e. The maximum absolute atomic E-state index is 10.4. The van der Waals surface area contributed by atoms with Crippen LogP contribution in [-0.2, 0) is 9.13 Å². The SMILES string of the molecule is NCC(O)(P(=O)(O)O)P(=O)(O)O. The van der Waals surface area contributed by atoms with Crippen LogP contribution in [-0.4, -0.2) is 36.3 Å². The van der Waals surface area contributed by atoms with Gasteiger partial charge < -0.3 is 30.4 Å². The van der Waals surface area contributed by atoms with Gasteiger partial charge in [-0.05, 0) is 0 Å². The highest BCUT2D eigenvalue weighted by atomic mass is 31.2. The highest BCUT2D eigenvalue weighted by Gasteiger charge is 2.58. The van der Waals surface area contributed by atoms with Gasteiger partial charge >= 0.3 is 15.2 Å². The maximum Gasteiger partial charge on any atom is 0.370 e. The second-order valence-electron chi connectivity index (χ2n) is 2.07. The Bertz CT molecular complexity index is 228. The molecule has 12 heavy (non-hydrogen) atoms. The molecule has 0 amide bonds. The van der Waals surface area contributed by atoms with Crippen molar-refractivity contribution in [1.82, 2.24) is 0 Å². The van der Waals surface area contributed by atoms with Crippen molar-refractivity contribution >= 4 is 15.2 Å². The molecule has 0 aromatic heterocycles. The van der Waals surface area contributed by atoms with Gasteiger partial charge in [0.15, 0.2) is 0 Å². The Balaban J connectivity index is 5.25. The Kier molecular flexibility index (Phi) is 3.23. The van der Waals surface area contributed by atoms with Crippen molar-refractivity contribution in [1.29, 1.82) is 0 Å². The van der Waals surface area contributed by atoms with Gasteiger partial charge in [-0.15, -0.1) is 0 Å². The monoisotopic (exact) mass is 221 g/mol. The van der Waals surface area contributed by atoms with Gasteiger partial charge in [0, 0.05) is 6.54 Å². The molecule has 0 fully saturated rings. The fourth-order valence-corrected chi connectivity index (χ4v) is 2.24. The summed E-state index contributed by atoms with van der Waals surface area (Å²) in [4.78, 5) is 33.4. The Morgan fingerprint density at radius 3 is 1.33 bits per heavy atom. The first-order chi connectivity index (χ1) is 5.06. The molecule has 0 saturated heterocycles. The van der Waals surface area contributed by atoms with Crippen molar-refractivity contribution in [2.75, 3.05) is 6.54 Å². The molecule has 0 radical (unpaired) electrons. The summed E-state index contributed by atoms with van der Waals surface area (Å²) in [5, 5.41) is 5.37. The lowest BCUT2D eigenvalue weighted by Gasteiger charge is -2.27. The first kappa shape index (κ1) is 12.2. The summed E-state index contributed by atoms with van der Waals surface area (Å²) < 4.78 is 20.8. The van der Waals surface area contributed by atoms with Crippen molar-refractivity contribution in [2.24, 2.45) is 5.73 Å². The molecule has 0 aliphatic rings. The Morgan fingerprint density at radius 2 is 1.33 bits per heavy atom. The van der Waals surface area contributed by atoms with Crippen LogP contribution in [0.1, 0.15) is 0 Å². The normalized spacial score (nSPS) is 14.8. The minimum absolute atomic E-state index is 1.22. The van der Waals surface area contributed by atoms with Crippen LogP contribution >= 0.6 is 15.2 Å². The van der Waals surface area contributed by atoms with Crippen molar-refractivity contribution in [3.8, 4) is 0 Å². The van der Waals surface area contributed by atoms with E-state index in [0.717, 1.165) is 0 Å². The van der Waals surface area contributed by atoms with Gasteiger partial charge in [-0.1, -0.05) is 0 Å². The van der Waals surface area contributed by atoms with E-state index in [0.29, 0.717) is 0 Å². The highest BCUT2D eigenvalue weighted by molar-refractivity contribution is 7.72. The van der Waals surface area contributed by atoms with E-state index >= 15 is 0 Å². The van der Waals surface area contributed by atoms with Crippen molar-refractivity contribution in [3.63, 3.8) is 0 Å². The highest BCUT2D eigenvalue weighted by Crippen LogP contribution is 2.66. The quantitative estimate of drug-likeness (QED) is 0.296. The van der Waals surface area contributed by atoms with E-state index in [2.05, 4.69) is 5.73 Å². The summed E-state index contributed by atoms with van der Waals surface area (Å²) in [7, 11) is -10.7. The van der Waals surface area contributed by atoms with E-state index in [4.69, 9.17) is 24.7 Å². The summed E-state index contributed by atoms with van der Waals surface area (Å²) in [6, 6.07) is 0. The minimum Gasteiger partial charge on any atom is -0.367 e. The third-order valence-electron chi connectivity index (χ3n) is 1.21. The standard InChI is InChI=1S/C2H9NO7P2/c3-1-2(4,11(5,6)7)12(8,9)10/h4H,1,3H2,(H2,5,6,7)(H2,8,9,10). The van der Waals surface area contributed by atoms with Crippen LogP contribution in [0, 0.1) is 0 Å². The summed E-state index contributed by atoms with van der Waals surface area (Å²) >= 11 is 0. The molecule has 0 bridgehead atoms. The van der Waals surface area contributed by atoms with E-state index in [-0.39, 0.29) is 0 Å². The van der Waals surface area contributed by atoms with Gasteiger partial charge in [0.05, 0.1) is 0 Å². The minimum atomic E-state index is -5.34. The predicted octanol–water partition coefficient (Wildman–Crippen LogP) is -2.05. The lowest BCUT2D eigenvalue weighted by Crippen LogP contribution is -2.37. The van der Waals surface area contributed by atoms with Crippen LogP contribution in [0.25, 0.3) is 0 Å². The first-order valence-electron chi connectivity index (χ1n) is 2.60. The van der Waals surface area contributed by atoms with E-state index in [1.165, 1.54) is 0 Å². The number of hydrogen-bond acceptors (Lipinski definition) is 4. The third kappa shape index (κ3) is 1.93. The van der Waals surface area contributed by atoms with E-state index in [1.807, 2.05) is 0 Å². The van der Waals surface area contributed by atoms with E-state index in [9.17, 15) is 9.13 Å². The Morgan fingerprint density at radius 1 is 1.08 bits per heavy atom. The molecule has 0 unspecified atom stereocenters. The van der Waals surface area contributed by atoms with Crippen LogP contribution in [0.3, 0.4) is 0 Å². The second-order valence-corrected chi connectivity index (χ2v) is 6.08. The van der Waals surface area contributed by atoms with Gasteiger partial charge in [0.1, 0.15) is 0 Å². The van der Waals surface area contributed by atoms with Crippen LogP contribution in [0.4, 0.5) is 0 Å². The van der Waals surface area contributed by atoms with Crippen LogP contribution in [0.5, 0.6) is 0 Å². The molecular formula is C2H9NO7P2. The van der Waals surface area contributed by atoms with Crippen molar-refractivity contribution in [2.45, 2.75) is 5.08 Å². The third-order valence-corrected chi connectivity index (χ3v) is 5.00. The van der Waals surface area contributed by atoms with Gasteiger partial charge in [-0.25, -0.2) is 0 Å². The molecule has 0 aliphatic carbocycles. The molecule has 8 nitrogen and oxygen atoms in total. The average molecular weight is 221 g/mol.